The van der Waals surface area contributed by atoms with Crippen molar-refractivity contribution in [3.05, 3.63) is 0 Å². The van der Waals surface area contributed by atoms with Crippen LogP contribution in [0.1, 0.15) is 27.7 Å². The molecule has 0 fully saturated rings. The lowest BCUT2D eigenvalue weighted by atomic mass is 10.1. The van der Waals surface area contributed by atoms with E-state index < -0.39 is 0 Å². The molecule has 0 aromatic heterocycles. The minimum absolute atomic E-state index is 0.139. The van der Waals surface area contributed by atoms with E-state index in [1.807, 2.05) is 20.9 Å². The summed E-state index contributed by atoms with van der Waals surface area (Å²) in [6.07, 6.45) is 0. The van der Waals surface area contributed by atoms with Crippen LogP contribution in [0.2, 0.25) is 0 Å². The van der Waals surface area contributed by atoms with Crippen LogP contribution >= 0.6 is 0 Å². The first kappa shape index (κ1) is 18.6. The van der Waals surface area contributed by atoms with Crippen molar-refractivity contribution in [2.24, 2.45) is 5.92 Å². The van der Waals surface area contributed by atoms with Gasteiger partial charge in [0.15, 0.2) is 0 Å². The number of likely N-dealkylation sites (N-methyl/N-ethyl adjacent to an activating group) is 3. The number of ketones is 1. The van der Waals surface area contributed by atoms with Gasteiger partial charge in [-0.3, -0.25) is 9.69 Å². The number of hydrogen-bond donors (Lipinski definition) is 0. The predicted octanol–water partition coefficient (Wildman–Crippen LogP) is 1.42. The first-order valence-electron chi connectivity index (χ1n) is 7.34. The summed E-state index contributed by atoms with van der Waals surface area (Å²) >= 11 is 0. The molecule has 0 aliphatic heterocycles. The molecule has 0 aliphatic rings. The van der Waals surface area contributed by atoms with Crippen molar-refractivity contribution >= 4 is 5.78 Å². The van der Waals surface area contributed by atoms with E-state index in [-0.39, 0.29) is 5.92 Å². The SMILES string of the molecule is CC(C)C(=O)CN(C)CCN(C)CCN(C)C(C)C. The average molecular weight is 271 g/mol. The summed E-state index contributed by atoms with van der Waals surface area (Å²) in [4.78, 5) is 18.4. The minimum atomic E-state index is 0.139. The molecule has 0 N–H and O–H groups in total. The smallest absolute Gasteiger partial charge is 0.149 e. The third-order valence-corrected chi connectivity index (χ3v) is 3.65. The molecular formula is C15H33N3O. The molecular weight excluding hydrogens is 238 g/mol. The molecule has 0 bridgehead atoms. The van der Waals surface area contributed by atoms with Gasteiger partial charge in [0.25, 0.3) is 0 Å². The molecule has 4 nitrogen and oxygen atoms in total. The zero-order valence-electron chi connectivity index (χ0n) is 13.9. The minimum Gasteiger partial charge on any atom is -0.304 e. The third-order valence-electron chi connectivity index (χ3n) is 3.65. The van der Waals surface area contributed by atoms with Gasteiger partial charge in [0.1, 0.15) is 5.78 Å². The van der Waals surface area contributed by atoms with Crippen molar-refractivity contribution in [2.45, 2.75) is 33.7 Å². The van der Waals surface area contributed by atoms with E-state index in [4.69, 9.17) is 0 Å². The van der Waals surface area contributed by atoms with E-state index in [2.05, 4.69) is 42.6 Å². The van der Waals surface area contributed by atoms with Crippen LogP contribution in [0, 0.1) is 5.92 Å². The highest BCUT2D eigenvalue weighted by Crippen LogP contribution is 1.97. The number of hydrogen-bond acceptors (Lipinski definition) is 4. The lowest BCUT2D eigenvalue weighted by Gasteiger charge is -2.26. The molecule has 0 spiro atoms. The number of Topliss-reactive ketones (excluding diaryl/α,β-unsaturated/α-hetero) is 1. The second-order valence-electron chi connectivity index (χ2n) is 6.24. The number of carbonyl (C=O) groups is 1. The van der Waals surface area contributed by atoms with Crippen LogP contribution in [0.4, 0.5) is 0 Å². The second-order valence-corrected chi connectivity index (χ2v) is 6.24. The van der Waals surface area contributed by atoms with E-state index >= 15 is 0 Å². The third kappa shape index (κ3) is 9.14. The zero-order valence-corrected chi connectivity index (χ0v) is 13.9. The van der Waals surface area contributed by atoms with Crippen LogP contribution in [-0.4, -0.2) is 80.4 Å². The Labute approximate surface area is 119 Å². The summed E-state index contributed by atoms with van der Waals surface area (Å²) in [6, 6.07) is 0.597. The fraction of sp³-hybridized carbons (Fsp3) is 0.933. The van der Waals surface area contributed by atoms with Gasteiger partial charge in [0.05, 0.1) is 6.54 Å². The highest BCUT2D eigenvalue weighted by atomic mass is 16.1. The molecule has 0 saturated carbocycles. The molecule has 0 aromatic carbocycles. The molecule has 0 atom stereocenters. The molecule has 4 heteroatoms. The van der Waals surface area contributed by atoms with Gasteiger partial charge in [0.2, 0.25) is 0 Å². The Morgan fingerprint density at radius 2 is 1.32 bits per heavy atom. The number of carbonyl (C=O) groups excluding carboxylic acids is 1. The van der Waals surface area contributed by atoms with Gasteiger partial charge in [-0.15, -0.1) is 0 Å². The maximum Gasteiger partial charge on any atom is 0.149 e. The van der Waals surface area contributed by atoms with E-state index in [0.29, 0.717) is 18.4 Å². The van der Waals surface area contributed by atoms with Crippen LogP contribution < -0.4 is 0 Å². The molecule has 114 valence electrons. The molecule has 0 amide bonds. The number of nitrogens with zero attached hydrogens (tertiary/aromatic N) is 3. The first-order valence-corrected chi connectivity index (χ1v) is 7.34. The summed E-state index contributed by atoms with van der Waals surface area (Å²) in [5.74, 6) is 0.463. The Kier molecular flexibility index (Phi) is 9.23. The van der Waals surface area contributed by atoms with Crippen LogP contribution in [-0.2, 0) is 4.79 Å². The topological polar surface area (TPSA) is 26.8 Å². The van der Waals surface area contributed by atoms with E-state index in [1.165, 1.54) is 0 Å². The van der Waals surface area contributed by atoms with E-state index in [1.54, 1.807) is 0 Å². The Bertz CT molecular complexity index is 254. The maximum absolute atomic E-state index is 11.6. The fourth-order valence-corrected chi connectivity index (χ4v) is 1.57. The summed E-state index contributed by atoms with van der Waals surface area (Å²) < 4.78 is 0. The maximum atomic E-state index is 11.6. The Hall–Kier alpha value is -0.450. The summed E-state index contributed by atoms with van der Waals surface area (Å²) in [5.41, 5.74) is 0. The Morgan fingerprint density at radius 1 is 0.842 bits per heavy atom. The van der Waals surface area contributed by atoms with Crippen molar-refractivity contribution in [3.8, 4) is 0 Å². The molecule has 0 aliphatic carbocycles. The van der Waals surface area contributed by atoms with Crippen LogP contribution in [0.15, 0.2) is 0 Å². The molecule has 0 rings (SSSR count). The predicted molar refractivity (Wildman–Crippen MR) is 82.6 cm³/mol. The molecule has 0 radical (unpaired) electrons. The van der Waals surface area contributed by atoms with Gasteiger partial charge in [-0.05, 0) is 35.0 Å². The lowest BCUT2D eigenvalue weighted by Crippen LogP contribution is -2.39. The van der Waals surface area contributed by atoms with Crippen molar-refractivity contribution in [3.63, 3.8) is 0 Å². The van der Waals surface area contributed by atoms with Gasteiger partial charge >= 0.3 is 0 Å². The van der Waals surface area contributed by atoms with Gasteiger partial charge in [-0.25, -0.2) is 0 Å². The Morgan fingerprint density at radius 3 is 1.79 bits per heavy atom. The molecule has 0 saturated heterocycles. The van der Waals surface area contributed by atoms with Crippen LogP contribution in [0.5, 0.6) is 0 Å². The van der Waals surface area contributed by atoms with Crippen molar-refractivity contribution in [2.75, 3.05) is 53.9 Å². The zero-order chi connectivity index (χ0) is 15.0. The summed E-state index contributed by atoms with van der Waals surface area (Å²) in [7, 11) is 6.33. The van der Waals surface area contributed by atoms with Gasteiger partial charge in [-0.2, -0.15) is 0 Å². The van der Waals surface area contributed by atoms with Gasteiger partial charge in [-0.1, -0.05) is 13.8 Å². The summed E-state index contributed by atoms with van der Waals surface area (Å²) in [6.45, 7) is 13.0. The molecule has 0 aromatic rings. The van der Waals surface area contributed by atoms with Crippen LogP contribution in [0.25, 0.3) is 0 Å². The quantitative estimate of drug-likeness (QED) is 0.600. The average Bonchev–Trinajstić information content (AvgIpc) is 2.32. The summed E-state index contributed by atoms with van der Waals surface area (Å²) in [5, 5.41) is 0. The van der Waals surface area contributed by atoms with Crippen molar-refractivity contribution < 1.29 is 4.79 Å². The standard InChI is InChI=1S/C15H33N3O/c1-13(2)15(19)12-17(6)9-8-16(5)10-11-18(7)14(3)4/h13-14H,8-12H2,1-7H3. The van der Waals surface area contributed by atoms with E-state index in [9.17, 15) is 4.79 Å². The molecule has 0 unspecified atom stereocenters. The van der Waals surface area contributed by atoms with E-state index in [0.717, 1.165) is 26.2 Å². The number of rotatable bonds is 10. The highest BCUT2D eigenvalue weighted by molar-refractivity contribution is 5.82. The second kappa shape index (κ2) is 9.45. The Balaban J connectivity index is 3.78. The first-order chi connectivity index (χ1) is 8.73. The van der Waals surface area contributed by atoms with Gasteiger partial charge in [0, 0.05) is 38.1 Å². The largest absolute Gasteiger partial charge is 0.304 e. The lowest BCUT2D eigenvalue weighted by molar-refractivity contribution is -0.122. The van der Waals surface area contributed by atoms with Gasteiger partial charge < -0.3 is 9.80 Å². The van der Waals surface area contributed by atoms with Crippen molar-refractivity contribution in [1.82, 2.24) is 14.7 Å². The highest BCUT2D eigenvalue weighted by Gasteiger charge is 2.11. The van der Waals surface area contributed by atoms with Crippen molar-refractivity contribution in [1.29, 1.82) is 0 Å². The fourth-order valence-electron chi connectivity index (χ4n) is 1.57. The normalized spacial score (nSPS) is 12.4. The van der Waals surface area contributed by atoms with Crippen LogP contribution in [0.3, 0.4) is 0 Å². The molecule has 19 heavy (non-hydrogen) atoms. The molecule has 0 heterocycles. The monoisotopic (exact) mass is 271 g/mol.